The molecule has 3 aromatic rings. The molecule has 8 heteroatoms. The van der Waals surface area contributed by atoms with Gasteiger partial charge in [0.1, 0.15) is 0 Å². The first kappa shape index (κ1) is 21.8. The van der Waals surface area contributed by atoms with E-state index < -0.39 is 5.25 Å². The molecule has 1 heterocycles. The van der Waals surface area contributed by atoms with E-state index in [4.69, 9.17) is 11.6 Å². The average molecular weight is 442 g/mol. The summed E-state index contributed by atoms with van der Waals surface area (Å²) < 4.78 is 1.48. The molecular weight excluding hydrogens is 422 g/mol. The molecule has 2 aromatic carbocycles. The van der Waals surface area contributed by atoms with Crippen LogP contribution in [0.2, 0.25) is 5.02 Å². The zero-order valence-electron chi connectivity index (χ0n) is 16.5. The molecule has 0 aliphatic rings. The minimum atomic E-state index is -0.550. The molecule has 0 bridgehead atoms. The van der Waals surface area contributed by atoms with Crippen molar-refractivity contribution in [1.29, 1.82) is 0 Å². The number of anilines is 1. The van der Waals surface area contributed by atoms with Gasteiger partial charge in [0.2, 0.25) is 5.91 Å². The number of aromatic nitrogens is 2. The van der Waals surface area contributed by atoms with E-state index in [1.54, 1.807) is 55.5 Å². The van der Waals surface area contributed by atoms with Crippen LogP contribution in [-0.2, 0) is 11.3 Å². The minimum Gasteiger partial charge on any atom is -0.325 e. The summed E-state index contributed by atoms with van der Waals surface area (Å²) in [5.74, 6) is -0.354. The fourth-order valence-corrected chi connectivity index (χ4v) is 3.91. The Hall–Kier alpha value is -2.90. The predicted molar refractivity (Wildman–Crippen MR) is 122 cm³/mol. The number of amides is 1. The standard InChI is InChI=1S/C22H20ClN3O3S/c1-4-10-26-21(29)18-9-8-16(23)12-19(18)25-22(26)30-14(3)20(28)24-17-7-5-6-15(11-17)13(2)27/h4-9,11-12,14H,1,10H2,2-3H3,(H,24,28)/t14-/m1/s1. The number of hydrogen-bond acceptors (Lipinski definition) is 5. The SMILES string of the molecule is C=CCn1c(S[C@H](C)C(=O)Nc2cccc(C(C)=O)c2)nc2cc(Cl)ccc2c1=O. The Labute approximate surface area is 183 Å². The Kier molecular flexibility index (Phi) is 6.74. The van der Waals surface area contributed by atoms with Gasteiger partial charge in [0.15, 0.2) is 10.9 Å². The molecule has 0 saturated carbocycles. The van der Waals surface area contributed by atoms with Gasteiger partial charge in [0, 0.05) is 22.8 Å². The number of nitrogens with one attached hydrogen (secondary N) is 1. The Morgan fingerprint density at radius 2 is 2.07 bits per heavy atom. The number of hydrogen-bond donors (Lipinski definition) is 1. The van der Waals surface area contributed by atoms with E-state index in [-0.39, 0.29) is 23.8 Å². The molecule has 3 rings (SSSR count). The Balaban J connectivity index is 1.88. The summed E-state index contributed by atoms with van der Waals surface area (Å²) in [7, 11) is 0. The van der Waals surface area contributed by atoms with E-state index in [9.17, 15) is 14.4 Å². The lowest BCUT2D eigenvalue weighted by Gasteiger charge is -2.16. The first-order valence-corrected chi connectivity index (χ1v) is 10.5. The summed E-state index contributed by atoms with van der Waals surface area (Å²) in [4.78, 5) is 41.7. The Morgan fingerprint density at radius 1 is 1.30 bits per heavy atom. The number of thioether (sulfide) groups is 1. The van der Waals surface area contributed by atoms with Crippen molar-refractivity contribution in [2.75, 3.05) is 5.32 Å². The van der Waals surface area contributed by atoms with Crippen LogP contribution in [-0.4, -0.2) is 26.5 Å². The van der Waals surface area contributed by atoms with Crippen LogP contribution < -0.4 is 10.9 Å². The van der Waals surface area contributed by atoms with Crippen LogP contribution in [0.5, 0.6) is 0 Å². The molecular formula is C22H20ClN3O3S. The maximum atomic E-state index is 12.9. The summed E-state index contributed by atoms with van der Waals surface area (Å²) in [6, 6.07) is 11.6. The van der Waals surface area contributed by atoms with Gasteiger partial charge in [-0.2, -0.15) is 0 Å². The van der Waals surface area contributed by atoms with Crippen molar-refractivity contribution in [3.8, 4) is 0 Å². The van der Waals surface area contributed by atoms with Gasteiger partial charge in [0.05, 0.1) is 16.2 Å². The lowest BCUT2D eigenvalue weighted by atomic mass is 10.1. The van der Waals surface area contributed by atoms with E-state index in [0.29, 0.717) is 32.3 Å². The van der Waals surface area contributed by atoms with Gasteiger partial charge < -0.3 is 5.32 Å². The van der Waals surface area contributed by atoms with Gasteiger partial charge in [-0.1, -0.05) is 41.6 Å². The molecule has 1 amide bonds. The third-order valence-corrected chi connectivity index (χ3v) is 5.71. The molecule has 0 fully saturated rings. The highest BCUT2D eigenvalue weighted by molar-refractivity contribution is 8.00. The van der Waals surface area contributed by atoms with Gasteiger partial charge in [-0.3, -0.25) is 19.0 Å². The molecule has 0 saturated heterocycles. The number of benzene rings is 2. The second-order valence-electron chi connectivity index (χ2n) is 6.65. The van der Waals surface area contributed by atoms with Crippen LogP contribution in [0.25, 0.3) is 10.9 Å². The van der Waals surface area contributed by atoms with Gasteiger partial charge in [-0.15, -0.1) is 6.58 Å². The van der Waals surface area contributed by atoms with E-state index in [1.165, 1.54) is 11.5 Å². The van der Waals surface area contributed by atoms with E-state index in [0.717, 1.165) is 11.8 Å². The van der Waals surface area contributed by atoms with Gasteiger partial charge in [0.25, 0.3) is 5.56 Å². The highest BCUT2D eigenvalue weighted by Gasteiger charge is 2.19. The van der Waals surface area contributed by atoms with Crippen molar-refractivity contribution in [3.63, 3.8) is 0 Å². The highest BCUT2D eigenvalue weighted by Crippen LogP contribution is 2.25. The molecule has 1 atom stereocenters. The quantitative estimate of drug-likeness (QED) is 0.251. The zero-order valence-corrected chi connectivity index (χ0v) is 18.1. The number of ketones is 1. The molecule has 0 spiro atoms. The second kappa shape index (κ2) is 9.28. The molecule has 30 heavy (non-hydrogen) atoms. The Morgan fingerprint density at radius 3 is 2.77 bits per heavy atom. The number of Topliss-reactive ketones (excluding diaryl/α,β-unsaturated/α-hetero) is 1. The first-order chi connectivity index (χ1) is 14.3. The van der Waals surface area contributed by atoms with Crippen LogP contribution in [0, 0.1) is 0 Å². The number of fused-ring (bicyclic) bond motifs is 1. The normalized spacial score (nSPS) is 11.8. The van der Waals surface area contributed by atoms with Gasteiger partial charge in [-0.25, -0.2) is 4.98 Å². The summed E-state index contributed by atoms with van der Waals surface area (Å²) in [6.07, 6.45) is 1.60. The fraction of sp³-hybridized carbons (Fsp3) is 0.182. The number of allylic oxidation sites excluding steroid dienone is 1. The van der Waals surface area contributed by atoms with E-state index in [1.807, 2.05) is 0 Å². The third-order valence-electron chi connectivity index (χ3n) is 4.38. The number of carbonyl (C=O) groups excluding carboxylic acids is 2. The molecule has 154 valence electrons. The van der Waals surface area contributed by atoms with Crippen molar-refractivity contribution in [3.05, 3.63) is 76.1 Å². The van der Waals surface area contributed by atoms with Crippen LogP contribution in [0.1, 0.15) is 24.2 Å². The summed E-state index contributed by atoms with van der Waals surface area (Å²) in [5.41, 5.74) is 1.29. The number of carbonyl (C=O) groups is 2. The lowest BCUT2D eigenvalue weighted by Crippen LogP contribution is -2.26. The summed E-state index contributed by atoms with van der Waals surface area (Å²) in [6.45, 7) is 7.16. The summed E-state index contributed by atoms with van der Waals surface area (Å²) >= 11 is 7.21. The van der Waals surface area contributed by atoms with Crippen LogP contribution in [0.4, 0.5) is 5.69 Å². The molecule has 0 aliphatic carbocycles. The maximum absolute atomic E-state index is 12.9. The predicted octanol–water partition coefficient (Wildman–Crippen LogP) is 4.56. The van der Waals surface area contributed by atoms with Gasteiger partial charge >= 0.3 is 0 Å². The maximum Gasteiger partial charge on any atom is 0.262 e. The van der Waals surface area contributed by atoms with E-state index >= 15 is 0 Å². The highest BCUT2D eigenvalue weighted by atomic mass is 35.5. The van der Waals surface area contributed by atoms with Crippen molar-refractivity contribution in [1.82, 2.24) is 9.55 Å². The second-order valence-corrected chi connectivity index (χ2v) is 8.39. The van der Waals surface area contributed by atoms with Crippen molar-refractivity contribution in [2.24, 2.45) is 0 Å². The number of rotatable bonds is 7. The van der Waals surface area contributed by atoms with Crippen molar-refractivity contribution in [2.45, 2.75) is 30.8 Å². The first-order valence-electron chi connectivity index (χ1n) is 9.19. The number of nitrogens with zero attached hydrogens (tertiary/aromatic N) is 2. The van der Waals surface area contributed by atoms with Crippen LogP contribution >= 0.6 is 23.4 Å². The van der Waals surface area contributed by atoms with Crippen LogP contribution in [0.3, 0.4) is 0 Å². The molecule has 1 aromatic heterocycles. The summed E-state index contributed by atoms with van der Waals surface area (Å²) in [5, 5.41) is 3.57. The molecule has 0 aliphatic heterocycles. The number of halogens is 1. The minimum absolute atomic E-state index is 0.0824. The van der Waals surface area contributed by atoms with Gasteiger partial charge in [-0.05, 0) is 44.2 Å². The molecule has 1 N–H and O–H groups in total. The average Bonchev–Trinajstić information content (AvgIpc) is 2.70. The van der Waals surface area contributed by atoms with Crippen molar-refractivity contribution >= 4 is 51.6 Å². The van der Waals surface area contributed by atoms with Crippen molar-refractivity contribution < 1.29 is 9.59 Å². The topological polar surface area (TPSA) is 81.1 Å². The lowest BCUT2D eigenvalue weighted by molar-refractivity contribution is -0.115. The zero-order chi connectivity index (χ0) is 21.8. The fourth-order valence-electron chi connectivity index (χ4n) is 2.83. The molecule has 0 radical (unpaired) electrons. The smallest absolute Gasteiger partial charge is 0.262 e. The monoisotopic (exact) mass is 441 g/mol. The third kappa shape index (κ3) is 4.80. The molecule has 0 unspecified atom stereocenters. The largest absolute Gasteiger partial charge is 0.325 e. The Bertz CT molecular complexity index is 1210. The molecule has 6 nitrogen and oxygen atoms in total. The van der Waals surface area contributed by atoms with E-state index in [2.05, 4.69) is 16.9 Å². The van der Waals surface area contributed by atoms with Crippen LogP contribution in [0.15, 0.2) is 65.1 Å².